The van der Waals surface area contributed by atoms with Crippen molar-refractivity contribution < 1.29 is 4.52 Å². The van der Waals surface area contributed by atoms with Gasteiger partial charge in [0.2, 0.25) is 5.89 Å². The first-order chi connectivity index (χ1) is 6.93. The topological polar surface area (TPSA) is 51.0 Å². The zero-order valence-corrected chi connectivity index (χ0v) is 8.20. The molecule has 1 saturated heterocycles. The lowest BCUT2D eigenvalue weighted by atomic mass is 10.0. The van der Waals surface area contributed by atoms with Crippen molar-refractivity contribution in [3.8, 4) is 0 Å². The molecule has 1 aliphatic carbocycles. The third-order valence-electron chi connectivity index (χ3n) is 3.01. The molecule has 1 aromatic heterocycles. The molecule has 4 nitrogen and oxygen atoms in total. The van der Waals surface area contributed by atoms with Gasteiger partial charge in [-0.3, -0.25) is 0 Å². The third-order valence-corrected chi connectivity index (χ3v) is 3.01. The van der Waals surface area contributed by atoms with Gasteiger partial charge in [-0.25, -0.2) is 0 Å². The summed E-state index contributed by atoms with van der Waals surface area (Å²) in [6.07, 6.45) is 6.12. The van der Waals surface area contributed by atoms with E-state index < -0.39 is 0 Å². The Hall–Kier alpha value is -0.900. The quantitative estimate of drug-likeness (QED) is 0.777. The molecule has 0 aromatic carbocycles. The van der Waals surface area contributed by atoms with Crippen LogP contribution in [0.1, 0.15) is 55.8 Å². The number of hydrogen-bond donors (Lipinski definition) is 1. The molecule has 0 amide bonds. The Balaban J connectivity index is 1.74. The Labute approximate surface area is 83.1 Å². The minimum absolute atomic E-state index is 0.333. The van der Waals surface area contributed by atoms with Crippen LogP contribution in [0.2, 0.25) is 0 Å². The molecule has 1 aliphatic heterocycles. The summed E-state index contributed by atoms with van der Waals surface area (Å²) in [5.41, 5.74) is 0. The number of piperidine rings is 1. The van der Waals surface area contributed by atoms with Gasteiger partial charge >= 0.3 is 0 Å². The molecule has 1 unspecified atom stereocenters. The van der Waals surface area contributed by atoms with E-state index in [4.69, 9.17) is 4.52 Å². The second kappa shape index (κ2) is 3.35. The Morgan fingerprint density at radius 3 is 2.86 bits per heavy atom. The van der Waals surface area contributed by atoms with E-state index in [2.05, 4.69) is 15.5 Å². The lowest BCUT2D eigenvalue weighted by Crippen LogP contribution is -2.27. The Bertz CT molecular complexity index is 313. The van der Waals surface area contributed by atoms with Crippen LogP contribution in [0.25, 0.3) is 0 Å². The van der Waals surface area contributed by atoms with Gasteiger partial charge in [0, 0.05) is 5.92 Å². The van der Waals surface area contributed by atoms with Gasteiger partial charge < -0.3 is 9.84 Å². The predicted molar refractivity (Wildman–Crippen MR) is 50.9 cm³/mol. The van der Waals surface area contributed by atoms with Gasteiger partial charge in [0.25, 0.3) is 0 Å². The number of nitrogens with one attached hydrogen (secondary N) is 1. The summed E-state index contributed by atoms with van der Waals surface area (Å²) < 4.78 is 5.24. The number of aromatic nitrogens is 2. The van der Waals surface area contributed by atoms with Crippen molar-refractivity contribution in [1.82, 2.24) is 15.5 Å². The molecular formula is C10H15N3O. The van der Waals surface area contributed by atoms with Crippen molar-refractivity contribution in [1.29, 1.82) is 0 Å². The van der Waals surface area contributed by atoms with Crippen LogP contribution < -0.4 is 5.32 Å². The molecule has 76 valence electrons. The maximum Gasteiger partial charge on any atom is 0.229 e. The minimum Gasteiger partial charge on any atom is -0.339 e. The molecule has 14 heavy (non-hydrogen) atoms. The van der Waals surface area contributed by atoms with Gasteiger partial charge in [0.05, 0.1) is 6.04 Å². The second-order valence-electron chi connectivity index (χ2n) is 4.27. The largest absolute Gasteiger partial charge is 0.339 e. The fourth-order valence-electron chi connectivity index (χ4n) is 1.96. The molecule has 2 aliphatic rings. The first-order valence-electron chi connectivity index (χ1n) is 5.50. The monoisotopic (exact) mass is 193 g/mol. The van der Waals surface area contributed by atoms with Crippen molar-refractivity contribution in [2.45, 2.75) is 44.1 Å². The van der Waals surface area contributed by atoms with E-state index >= 15 is 0 Å². The first-order valence-corrected chi connectivity index (χ1v) is 5.50. The van der Waals surface area contributed by atoms with Crippen LogP contribution in [0.5, 0.6) is 0 Å². The maximum atomic E-state index is 5.24. The lowest BCUT2D eigenvalue weighted by Gasteiger charge is -2.19. The van der Waals surface area contributed by atoms with E-state index in [1.54, 1.807) is 0 Å². The SMILES string of the molecule is C1CCC(c2noc(C3CC3)n2)NC1. The second-order valence-corrected chi connectivity index (χ2v) is 4.27. The van der Waals surface area contributed by atoms with Crippen molar-refractivity contribution >= 4 is 0 Å². The van der Waals surface area contributed by atoms with Gasteiger partial charge in [-0.15, -0.1) is 0 Å². The van der Waals surface area contributed by atoms with E-state index in [1.807, 2.05) is 0 Å². The molecule has 0 radical (unpaired) electrons. The lowest BCUT2D eigenvalue weighted by molar-refractivity contribution is 0.349. The summed E-state index contributed by atoms with van der Waals surface area (Å²) in [5.74, 6) is 2.29. The minimum atomic E-state index is 0.333. The average molecular weight is 193 g/mol. The van der Waals surface area contributed by atoms with E-state index in [0.717, 1.165) is 24.7 Å². The highest BCUT2D eigenvalue weighted by Gasteiger charge is 2.31. The zero-order chi connectivity index (χ0) is 9.38. The fraction of sp³-hybridized carbons (Fsp3) is 0.800. The highest BCUT2D eigenvalue weighted by atomic mass is 16.5. The molecule has 4 heteroatoms. The molecule has 0 bridgehead atoms. The highest BCUT2D eigenvalue weighted by molar-refractivity contribution is 5.04. The molecule has 3 rings (SSSR count). The van der Waals surface area contributed by atoms with Crippen molar-refractivity contribution in [2.24, 2.45) is 0 Å². The molecule has 2 fully saturated rings. The summed E-state index contributed by atoms with van der Waals surface area (Å²) in [5, 5.41) is 7.48. The Morgan fingerprint density at radius 2 is 2.14 bits per heavy atom. The molecule has 1 atom stereocenters. The van der Waals surface area contributed by atoms with E-state index in [1.165, 1.54) is 25.7 Å². The summed E-state index contributed by atoms with van der Waals surface area (Å²) >= 11 is 0. The average Bonchev–Trinajstić information content (AvgIpc) is 2.98. The smallest absolute Gasteiger partial charge is 0.229 e. The number of nitrogens with zero attached hydrogens (tertiary/aromatic N) is 2. The number of hydrogen-bond acceptors (Lipinski definition) is 4. The van der Waals surface area contributed by atoms with Crippen LogP contribution in [-0.2, 0) is 0 Å². The molecule has 1 aromatic rings. The van der Waals surface area contributed by atoms with Gasteiger partial charge in [-0.2, -0.15) is 4.98 Å². The van der Waals surface area contributed by atoms with Crippen LogP contribution in [0.4, 0.5) is 0 Å². The van der Waals surface area contributed by atoms with Gasteiger partial charge in [0.1, 0.15) is 0 Å². The summed E-state index contributed by atoms with van der Waals surface area (Å²) in [6, 6.07) is 0.333. The summed E-state index contributed by atoms with van der Waals surface area (Å²) in [4.78, 5) is 4.46. The van der Waals surface area contributed by atoms with Crippen LogP contribution in [0.3, 0.4) is 0 Å². The van der Waals surface area contributed by atoms with Crippen LogP contribution in [-0.4, -0.2) is 16.7 Å². The highest BCUT2D eigenvalue weighted by Crippen LogP contribution is 2.39. The van der Waals surface area contributed by atoms with E-state index in [0.29, 0.717) is 12.0 Å². The fourth-order valence-corrected chi connectivity index (χ4v) is 1.96. The van der Waals surface area contributed by atoms with Crippen molar-refractivity contribution in [2.75, 3.05) is 6.54 Å². The van der Waals surface area contributed by atoms with Gasteiger partial charge in [0.15, 0.2) is 5.82 Å². The first kappa shape index (κ1) is 8.41. The normalized spacial score (nSPS) is 27.9. The predicted octanol–water partition coefficient (Wildman–Crippen LogP) is 1.76. The summed E-state index contributed by atoms with van der Waals surface area (Å²) in [7, 11) is 0. The van der Waals surface area contributed by atoms with E-state index in [9.17, 15) is 0 Å². The molecular weight excluding hydrogens is 178 g/mol. The summed E-state index contributed by atoms with van der Waals surface area (Å²) in [6.45, 7) is 1.08. The Kier molecular flexibility index (Phi) is 2.01. The standard InChI is InChI=1S/C10H15N3O/c1-2-6-11-8(3-1)9-12-10(14-13-9)7-4-5-7/h7-8,11H,1-6H2. The zero-order valence-electron chi connectivity index (χ0n) is 8.20. The maximum absolute atomic E-state index is 5.24. The molecule has 2 heterocycles. The molecule has 0 spiro atoms. The van der Waals surface area contributed by atoms with Crippen molar-refractivity contribution in [3.63, 3.8) is 0 Å². The van der Waals surface area contributed by atoms with E-state index in [-0.39, 0.29) is 0 Å². The third kappa shape index (κ3) is 1.54. The van der Waals surface area contributed by atoms with Crippen LogP contribution in [0.15, 0.2) is 4.52 Å². The van der Waals surface area contributed by atoms with Crippen molar-refractivity contribution in [3.05, 3.63) is 11.7 Å². The number of rotatable bonds is 2. The van der Waals surface area contributed by atoms with Crippen LogP contribution in [0, 0.1) is 0 Å². The van der Waals surface area contributed by atoms with Gasteiger partial charge in [-0.1, -0.05) is 11.6 Å². The Morgan fingerprint density at radius 1 is 1.21 bits per heavy atom. The van der Waals surface area contributed by atoms with Gasteiger partial charge in [-0.05, 0) is 32.2 Å². The molecule has 1 N–H and O–H groups in total. The van der Waals surface area contributed by atoms with Crippen LogP contribution >= 0.6 is 0 Å². The molecule has 1 saturated carbocycles.